The molecule has 0 aromatic heterocycles. The van der Waals surface area contributed by atoms with Crippen LogP contribution in [0, 0.1) is 0 Å². The van der Waals surface area contributed by atoms with Crippen molar-refractivity contribution in [3.05, 3.63) is 35.9 Å². The van der Waals surface area contributed by atoms with E-state index in [1.54, 1.807) is 0 Å². The summed E-state index contributed by atoms with van der Waals surface area (Å²) in [7, 11) is 0. The van der Waals surface area contributed by atoms with Crippen LogP contribution in [-0.4, -0.2) is 92.8 Å². The Morgan fingerprint density at radius 1 is 0.650 bits per heavy atom. The van der Waals surface area contributed by atoms with Gasteiger partial charge in [0.2, 0.25) is 0 Å². The van der Waals surface area contributed by atoms with Crippen molar-refractivity contribution in [2.75, 3.05) is 13.1 Å². The molecule has 40 heavy (non-hydrogen) atoms. The third kappa shape index (κ3) is 26.4. The Hall–Kier alpha value is -3.18. The summed E-state index contributed by atoms with van der Waals surface area (Å²) in [5.41, 5.74) is 32.0. The summed E-state index contributed by atoms with van der Waals surface area (Å²) in [5.74, 6) is -4.01. The van der Waals surface area contributed by atoms with E-state index in [0.29, 0.717) is 32.4 Å². The van der Waals surface area contributed by atoms with Gasteiger partial charge in [0.15, 0.2) is 0 Å². The van der Waals surface area contributed by atoms with Crippen LogP contribution in [0.5, 0.6) is 0 Å². The molecule has 0 radical (unpaired) electrons. The zero-order valence-corrected chi connectivity index (χ0v) is 23.0. The van der Waals surface area contributed by atoms with Gasteiger partial charge >= 0.3 is 23.9 Å². The Morgan fingerprint density at radius 3 is 1.27 bits per heavy atom. The Labute approximate surface area is 234 Å². The SMILES string of the molecule is CC(O)C(N)C(=O)O.NC(Cc1ccccc1)C(=O)O.NCCCCC(N)C(=O)O.NCCCCC(N)C(=O)O. The molecule has 0 saturated heterocycles. The van der Waals surface area contributed by atoms with Gasteiger partial charge in [-0.25, -0.2) is 0 Å². The number of rotatable bonds is 15. The van der Waals surface area contributed by atoms with Crippen molar-refractivity contribution in [3.63, 3.8) is 0 Å². The Kier molecular flexibility index (Phi) is 26.9. The average Bonchev–Trinajstić information content (AvgIpc) is 2.89. The summed E-state index contributed by atoms with van der Waals surface area (Å²) in [6.07, 6.45) is 3.73. The van der Waals surface area contributed by atoms with Crippen molar-refractivity contribution >= 4 is 23.9 Å². The van der Waals surface area contributed by atoms with E-state index < -0.39 is 54.1 Å². The van der Waals surface area contributed by atoms with Gasteiger partial charge in [0.25, 0.3) is 0 Å². The first-order valence-corrected chi connectivity index (χ1v) is 12.7. The molecule has 0 heterocycles. The number of nitrogens with two attached hydrogens (primary N) is 6. The molecule has 1 aromatic rings. The minimum atomic E-state index is -1.18. The van der Waals surface area contributed by atoms with Gasteiger partial charge in [0, 0.05) is 0 Å². The first kappa shape index (κ1) is 41.3. The highest BCUT2D eigenvalue weighted by atomic mass is 16.4. The lowest BCUT2D eigenvalue weighted by Crippen LogP contribution is -2.39. The van der Waals surface area contributed by atoms with Crippen LogP contribution >= 0.6 is 0 Å². The molecular weight excluding hydrogens is 528 g/mol. The summed E-state index contributed by atoms with van der Waals surface area (Å²) in [4.78, 5) is 40.5. The monoisotopic (exact) mass is 576 g/mol. The van der Waals surface area contributed by atoms with Gasteiger partial charge in [-0.05, 0) is 57.7 Å². The van der Waals surface area contributed by atoms with Crippen molar-refractivity contribution in [3.8, 4) is 0 Å². The Morgan fingerprint density at radius 2 is 1.02 bits per heavy atom. The number of aliphatic hydroxyl groups excluding tert-OH is 1. The fourth-order valence-corrected chi connectivity index (χ4v) is 2.43. The molecule has 5 unspecified atom stereocenters. The van der Waals surface area contributed by atoms with E-state index in [2.05, 4.69) is 0 Å². The van der Waals surface area contributed by atoms with Crippen LogP contribution in [0.4, 0.5) is 0 Å². The fourth-order valence-electron chi connectivity index (χ4n) is 2.43. The van der Waals surface area contributed by atoms with Gasteiger partial charge in [-0.2, -0.15) is 0 Å². The van der Waals surface area contributed by atoms with Gasteiger partial charge in [0.05, 0.1) is 6.10 Å². The van der Waals surface area contributed by atoms with E-state index in [4.69, 9.17) is 59.9 Å². The highest BCUT2D eigenvalue weighted by molar-refractivity contribution is 5.74. The molecule has 15 nitrogen and oxygen atoms in total. The summed E-state index contributed by atoms with van der Waals surface area (Å²) < 4.78 is 0. The van der Waals surface area contributed by atoms with E-state index >= 15 is 0 Å². The van der Waals surface area contributed by atoms with Crippen LogP contribution in [0.15, 0.2) is 30.3 Å². The number of aliphatic carboxylic acids is 4. The van der Waals surface area contributed by atoms with Gasteiger partial charge < -0.3 is 59.9 Å². The molecule has 0 aliphatic heterocycles. The van der Waals surface area contributed by atoms with E-state index in [-0.39, 0.29) is 0 Å². The molecule has 15 heteroatoms. The molecule has 0 saturated carbocycles. The van der Waals surface area contributed by atoms with Crippen molar-refractivity contribution in [1.29, 1.82) is 0 Å². The summed E-state index contributed by atoms with van der Waals surface area (Å²) in [6, 6.07) is 5.95. The van der Waals surface area contributed by atoms with Crippen LogP contribution in [0.2, 0.25) is 0 Å². The molecule has 0 spiro atoms. The summed E-state index contributed by atoms with van der Waals surface area (Å²) >= 11 is 0. The summed E-state index contributed by atoms with van der Waals surface area (Å²) in [6.45, 7) is 2.54. The number of carboxylic acids is 4. The maximum atomic E-state index is 10.4. The number of hydrogen-bond donors (Lipinski definition) is 11. The van der Waals surface area contributed by atoms with Crippen LogP contribution < -0.4 is 34.4 Å². The lowest BCUT2D eigenvalue weighted by Gasteiger charge is -2.06. The lowest BCUT2D eigenvalue weighted by atomic mass is 10.1. The summed E-state index contributed by atoms with van der Waals surface area (Å²) in [5, 5.41) is 41.7. The number of carbonyl (C=O) groups is 4. The first-order valence-electron chi connectivity index (χ1n) is 12.7. The topological polar surface area (TPSA) is 326 Å². The molecule has 0 aliphatic carbocycles. The second kappa shape index (κ2) is 26.1. The van der Waals surface area contributed by atoms with E-state index in [1.807, 2.05) is 30.3 Å². The van der Waals surface area contributed by atoms with Gasteiger partial charge in [-0.3, -0.25) is 19.2 Å². The van der Waals surface area contributed by atoms with E-state index in [1.165, 1.54) is 6.92 Å². The van der Waals surface area contributed by atoms with Gasteiger partial charge in [-0.15, -0.1) is 0 Å². The fraction of sp³-hybridized carbons (Fsp3) is 0.600. The zero-order chi connectivity index (χ0) is 31.7. The third-order valence-electron chi connectivity index (χ3n) is 4.99. The number of aliphatic hydroxyl groups is 1. The second-order valence-electron chi connectivity index (χ2n) is 8.70. The number of benzene rings is 1. The van der Waals surface area contributed by atoms with Gasteiger partial charge in [0.1, 0.15) is 24.2 Å². The molecule has 0 bridgehead atoms. The minimum absolute atomic E-state index is 0.385. The number of unbranched alkanes of at least 4 members (excludes halogenated alkanes) is 2. The Balaban J connectivity index is -0.000000462. The van der Waals surface area contributed by atoms with Crippen LogP contribution in [-0.2, 0) is 25.6 Å². The molecule has 1 rings (SSSR count). The maximum absolute atomic E-state index is 10.4. The smallest absolute Gasteiger partial charge is 0.323 e. The molecule has 17 N–H and O–H groups in total. The Bertz CT molecular complexity index is 789. The number of hydrogen-bond acceptors (Lipinski definition) is 11. The molecule has 0 amide bonds. The predicted octanol–water partition coefficient (Wildman–Crippen LogP) is -1.53. The minimum Gasteiger partial charge on any atom is -0.480 e. The highest BCUT2D eigenvalue weighted by Gasteiger charge is 2.16. The van der Waals surface area contributed by atoms with Crippen LogP contribution in [0.25, 0.3) is 0 Å². The lowest BCUT2D eigenvalue weighted by molar-refractivity contribution is -0.141. The molecular formula is C25H48N6O9. The molecule has 0 aliphatic rings. The molecule has 232 valence electrons. The van der Waals surface area contributed by atoms with Crippen molar-refractivity contribution in [1.82, 2.24) is 0 Å². The zero-order valence-electron chi connectivity index (χ0n) is 23.0. The normalized spacial score (nSPS) is 13.7. The molecule has 1 aromatic carbocycles. The van der Waals surface area contributed by atoms with E-state index in [0.717, 1.165) is 31.2 Å². The third-order valence-corrected chi connectivity index (χ3v) is 4.99. The van der Waals surface area contributed by atoms with Crippen LogP contribution in [0.3, 0.4) is 0 Å². The molecule has 5 atom stereocenters. The van der Waals surface area contributed by atoms with Crippen LogP contribution in [0.1, 0.15) is 51.0 Å². The van der Waals surface area contributed by atoms with Crippen molar-refractivity contribution in [2.45, 2.75) is 82.1 Å². The molecule has 0 fully saturated rings. The largest absolute Gasteiger partial charge is 0.480 e. The quantitative estimate of drug-likeness (QED) is 0.105. The van der Waals surface area contributed by atoms with Crippen molar-refractivity contribution in [2.24, 2.45) is 34.4 Å². The second-order valence-corrected chi connectivity index (χ2v) is 8.70. The standard InChI is InChI=1S/C9H11NO2.2C6H14N2O2.C4H9NO3/c10-8(9(11)12)6-7-4-2-1-3-5-7;2*7-4-2-1-3-5(8)6(9)10;1-2(6)3(5)4(7)8/h1-5,8H,6,10H2,(H,11,12);2*5H,1-4,7-8H2,(H,9,10);2-3,6H,5H2,1H3,(H,7,8). The van der Waals surface area contributed by atoms with Gasteiger partial charge in [-0.1, -0.05) is 43.2 Å². The predicted molar refractivity (Wildman–Crippen MR) is 150 cm³/mol. The highest BCUT2D eigenvalue weighted by Crippen LogP contribution is 2.01. The first-order chi connectivity index (χ1) is 18.6. The average molecular weight is 577 g/mol. The maximum Gasteiger partial charge on any atom is 0.323 e. The van der Waals surface area contributed by atoms with Crippen molar-refractivity contribution < 1.29 is 44.7 Å². The van der Waals surface area contributed by atoms with E-state index in [9.17, 15) is 19.2 Å². The number of carboxylic acid groups (broad SMARTS) is 4.